The molecule has 3 heterocycles. The summed E-state index contributed by atoms with van der Waals surface area (Å²) in [5, 5.41) is 0.895. The summed E-state index contributed by atoms with van der Waals surface area (Å²) in [7, 11) is 0. The number of aromatic nitrogens is 4. The normalized spacial score (nSPS) is 14.1. The van der Waals surface area contributed by atoms with E-state index in [4.69, 9.17) is 32.5 Å². The third-order valence-corrected chi connectivity index (χ3v) is 7.03. The number of fused-ring (bicyclic) bond motifs is 1. The van der Waals surface area contributed by atoms with Crippen LogP contribution < -0.4 is 16.2 Å². The summed E-state index contributed by atoms with van der Waals surface area (Å²) in [6.45, 7) is 0.942. The molecular weight excluding hydrogens is 528 g/mol. The molecule has 206 valence electrons. The van der Waals surface area contributed by atoms with Crippen LogP contribution in [0.3, 0.4) is 0 Å². The number of nitrogen functional groups attached to an aromatic ring is 1. The number of pyridine rings is 1. The number of hydrogen-bond acceptors (Lipinski definition) is 8. The zero-order valence-corrected chi connectivity index (χ0v) is 22.8. The Bertz CT molecular complexity index is 1520. The Morgan fingerprint density at radius 3 is 2.67 bits per heavy atom. The molecule has 0 bridgehead atoms. The number of nitrogens with two attached hydrogens (primary N) is 2. The van der Waals surface area contributed by atoms with Crippen molar-refractivity contribution in [2.75, 3.05) is 12.3 Å². The van der Waals surface area contributed by atoms with Gasteiger partial charge < -0.3 is 25.5 Å². The van der Waals surface area contributed by atoms with E-state index in [9.17, 15) is 4.79 Å². The fourth-order valence-corrected chi connectivity index (χ4v) is 4.96. The molecule has 0 aliphatic heterocycles. The molecule has 1 aliphatic carbocycles. The molecule has 4 N–H and O–H groups in total. The van der Waals surface area contributed by atoms with Gasteiger partial charge in [-0.25, -0.2) is 4.98 Å². The summed E-state index contributed by atoms with van der Waals surface area (Å²) >= 11 is 6.44. The fourth-order valence-electron chi connectivity index (χ4n) is 4.68. The van der Waals surface area contributed by atoms with Gasteiger partial charge in [-0.2, -0.15) is 4.98 Å². The number of nitrogens with zero attached hydrogens (tertiary/aromatic N) is 4. The van der Waals surface area contributed by atoms with Crippen molar-refractivity contribution in [1.82, 2.24) is 19.5 Å². The van der Waals surface area contributed by atoms with Crippen molar-refractivity contribution >= 4 is 34.6 Å². The zero-order chi connectivity index (χ0) is 27.9. The van der Waals surface area contributed by atoms with Crippen LogP contribution in [0, 0.1) is 11.8 Å². The minimum absolute atomic E-state index is 0.0331. The van der Waals surface area contributed by atoms with Crippen LogP contribution in [-0.4, -0.2) is 44.2 Å². The first-order valence-electron chi connectivity index (χ1n) is 13.4. The molecule has 1 fully saturated rings. The summed E-state index contributed by atoms with van der Waals surface area (Å²) in [6.07, 6.45) is 8.93. The van der Waals surface area contributed by atoms with Crippen molar-refractivity contribution in [1.29, 1.82) is 0 Å². The van der Waals surface area contributed by atoms with Crippen LogP contribution in [0.15, 0.2) is 54.9 Å². The minimum Gasteiger partial charge on any atom is -0.494 e. The predicted octanol–water partition coefficient (Wildman–Crippen LogP) is 4.48. The number of carbonyl (C=O) groups excluding carboxylic acids is 1. The number of carbonyl (C=O) groups is 1. The summed E-state index contributed by atoms with van der Waals surface area (Å²) in [5.41, 5.74) is 14.8. The van der Waals surface area contributed by atoms with Crippen molar-refractivity contribution in [2.24, 2.45) is 5.73 Å². The van der Waals surface area contributed by atoms with E-state index in [1.807, 2.05) is 53.2 Å². The van der Waals surface area contributed by atoms with Crippen LogP contribution in [0.4, 0.5) is 5.95 Å². The van der Waals surface area contributed by atoms with Crippen molar-refractivity contribution in [3.8, 4) is 17.6 Å². The van der Waals surface area contributed by atoms with E-state index in [0.29, 0.717) is 48.3 Å². The highest BCUT2D eigenvalue weighted by atomic mass is 35.5. The van der Waals surface area contributed by atoms with Gasteiger partial charge in [0.25, 0.3) is 0 Å². The van der Waals surface area contributed by atoms with Crippen molar-refractivity contribution in [3.63, 3.8) is 0 Å². The van der Waals surface area contributed by atoms with Crippen molar-refractivity contribution in [3.05, 3.63) is 76.8 Å². The van der Waals surface area contributed by atoms with Gasteiger partial charge in [0.05, 0.1) is 29.8 Å². The maximum atomic E-state index is 12.1. The maximum Gasteiger partial charge on any atom is 0.323 e. The number of ether oxygens (including phenoxy) is 2. The highest BCUT2D eigenvalue weighted by Crippen LogP contribution is 2.27. The SMILES string of the molecule is Nc1nc(Cl)c2c(C#Cc3ccc(OCCC[C@H](N)C(=O)OC4CCCC4)cc3)cn(Cc3ccccn3)c2n1. The van der Waals surface area contributed by atoms with E-state index in [0.717, 1.165) is 36.9 Å². The zero-order valence-electron chi connectivity index (χ0n) is 22.1. The molecule has 3 aromatic heterocycles. The molecule has 0 unspecified atom stereocenters. The second kappa shape index (κ2) is 12.8. The maximum absolute atomic E-state index is 12.1. The van der Waals surface area contributed by atoms with Gasteiger partial charge in [0.1, 0.15) is 28.7 Å². The largest absolute Gasteiger partial charge is 0.494 e. The van der Waals surface area contributed by atoms with Gasteiger partial charge >= 0.3 is 5.97 Å². The second-order valence-electron chi connectivity index (χ2n) is 9.78. The molecule has 1 saturated carbocycles. The smallest absolute Gasteiger partial charge is 0.323 e. The van der Waals surface area contributed by atoms with Crippen LogP contribution in [0.2, 0.25) is 5.15 Å². The fraction of sp³-hybridized carbons (Fsp3) is 0.333. The van der Waals surface area contributed by atoms with Gasteiger partial charge in [0, 0.05) is 18.0 Å². The average Bonchev–Trinajstić information content (AvgIpc) is 3.59. The van der Waals surface area contributed by atoms with Crippen LogP contribution in [0.5, 0.6) is 5.75 Å². The van der Waals surface area contributed by atoms with Gasteiger partial charge in [-0.05, 0) is 74.9 Å². The van der Waals surface area contributed by atoms with Crippen LogP contribution in [-0.2, 0) is 16.1 Å². The van der Waals surface area contributed by atoms with Crippen LogP contribution in [0.1, 0.15) is 55.3 Å². The molecular formula is C30H31ClN6O3. The van der Waals surface area contributed by atoms with E-state index >= 15 is 0 Å². The third-order valence-electron chi connectivity index (χ3n) is 6.76. The number of esters is 1. The number of benzene rings is 1. The van der Waals surface area contributed by atoms with Gasteiger partial charge in [-0.15, -0.1) is 0 Å². The summed E-state index contributed by atoms with van der Waals surface area (Å²) in [6, 6.07) is 12.6. The molecule has 1 aliphatic rings. The number of hydrogen-bond donors (Lipinski definition) is 2. The minimum atomic E-state index is -0.618. The predicted molar refractivity (Wildman–Crippen MR) is 154 cm³/mol. The van der Waals surface area contributed by atoms with Crippen molar-refractivity contribution < 1.29 is 14.3 Å². The molecule has 1 atom stereocenters. The molecule has 9 nitrogen and oxygen atoms in total. The Kier molecular flexibility index (Phi) is 8.79. The molecule has 1 aromatic carbocycles. The first kappa shape index (κ1) is 27.4. The summed E-state index contributed by atoms with van der Waals surface area (Å²) < 4.78 is 13.2. The summed E-state index contributed by atoms with van der Waals surface area (Å²) in [5.74, 6) is 6.87. The molecule has 10 heteroatoms. The van der Waals surface area contributed by atoms with E-state index < -0.39 is 6.04 Å². The average molecular weight is 559 g/mol. The molecule has 0 saturated heterocycles. The molecule has 5 rings (SSSR count). The first-order valence-corrected chi connectivity index (χ1v) is 13.8. The Morgan fingerprint density at radius 1 is 1.12 bits per heavy atom. The summed E-state index contributed by atoms with van der Waals surface area (Å²) in [4.78, 5) is 25.0. The highest BCUT2D eigenvalue weighted by molar-refractivity contribution is 6.34. The van der Waals surface area contributed by atoms with E-state index in [-0.39, 0.29) is 23.2 Å². The van der Waals surface area contributed by atoms with Crippen molar-refractivity contribution in [2.45, 2.75) is 57.2 Å². The molecule has 0 amide bonds. The van der Waals surface area contributed by atoms with Crippen LogP contribution >= 0.6 is 11.6 Å². The number of anilines is 1. The Morgan fingerprint density at radius 2 is 1.93 bits per heavy atom. The van der Waals surface area contributed by atoms with Gasteiger partial charge in [0.15, 0.2) is 0 Å². The second-order valence-corrected chi connectivity index (χ2v) is 10.1. The Balaban J connectivity index is 1.19. The first-order chi connectivity index (χ1) is 19.5. The monoisotopic (exact) mass is 558 g/mol. The lowest BCUT2D eigenvalue weighted by Crippen LogP contribution is -2.34. The van der Waals surface area contributed by atoms with E-state index in [1.54, 1.807) is 6.20 Å². The lowest BCUT2D eigenvalue weighted by molar-refractivity contribution is -0.150. The van der Waals surface area contributed by atoms with Crippen LogP contribution in [0.25, 0.3) is 11.0 Å². The lowest BCUT2D eigenvalue weighted by Gasteiger charge is -2.15. The Labute approximate surface area is 237 Å². The van der Waals surface area contributed by atoms with Gasteiger partial charge in [-0.3, -0.25) is 9.78 Å². The molecule has 40 heavy (non-hydrogen) atoms. The lowest BCUT2D eigenvalue weighted by atomic mass is 10.1. The number of halogens is 1. The van der Waals surface area contributed by atoms with E-state index in [2.05, 4.69) is 26.8 Å². The Hall–Kier alpha value is -4.13. The molecule has 0 radical (unpaired) electrons. The quantitative estimate of drug-likeness (QED) is 0.133. The standard InChI is InChI=1S/C30H31ClN6O3/c31-27-26-21(18-37(28(26)36-30(33)35-27)19-22-6-3-4-16-34-22)13-10-20-11-14-23(15-12-20)39-17-5-9-25(32)29(38)40-24-7-1-2-8-24/h3-4,6,11-12,14-16,18,24-25H,1-2,5,7-9,17,19,32H2,(H2,33,35,36)/t25-/m0/s1. The topological polar surface area (TPSA) is 131 Å². The highest BCUT2D eigenvalue weighted by Gasteiger charge is 2.23. The van der Waals surface area contributed by atoms with Gasteiger partial charge in [-0.1, -0.05) is 29.5 Å². The van der Waals surface area contributed by atoms with E-state index in [1.165, 1.54) is 0 Å². The third kappa shape index (κ3) is 6.89. The number of rotatable bonds is 9. The van der Waals surface area contributed by atoms with Gasteiger partial charge in [0.2, 0.25) is 5.95 Å². The molecule has 4 aromatic rings. The molecule has 0 spiro atoms.